The van der Waals surface area contributed by atoms with Crippen molar-refractivity contribution >= 4 is 17.0 Å². The van der Waals surface area contributed by atoms with E-state index in [1.165, 1.54) is 4.88 Å². The molecule has 2 rings (SSSR count). The van der Waals surface area contributed by atoms with Crippen LogP contribution in [0.3, 0.4) is 0 Å². The van der Waals surface area contributed by atoms with Gasteiger partial charge in [0.1, 0.15) is 11.9 Å². The molecule has 0 saturated heterocycles. The second-order valence-electron chi connectivity index (χ2n) is 5.74. The van der Waals surface area contributed by atoms with Crippen molar-refractivity contribution in [3.63, 3.8) is 0 Å². The Hall–Kier alpha value is -1.56. The third-order valence-corrected chi connectivity index (χ3v) is 4.51. The molecule has 1 aromatic carbocycles. The van der Waals surface area contributed by atoms with Crippen LogP contribution >= 0.6 is 11.3 Å². The number of ether oxygens (including phenoxy) is 1. The molecule has 2 N–H and O–H groups in total. The molecule has 0 aliphatic rings. The van der Waals surface area contributed by atoms with Crippen molar-refractivity contribution in [3.05, 3.63) is 46.7 Å². The van der Waals surface area contributed by atoms with Gasteiger partial charge in [-0.05, 0) is 51.3 Å². The highest BCUT2D eigenvalue weighted by molar-refractivity contribution is 7.10. The van der Waals surface area contributed by atoms with E-state index in [4.69, 9.17) is 4.74 Å². The SMILES string of the molecule is CNCC[C@@H](Oc1ccccc1NCCN(C)C)c1cccs1. The number of hydrogen-bond acceptors (Lipinski definition) is 5. The maximum absolute atomic E-state index is 6.34. The second-order valence-corrected chi connectivity index (χ2v) is 6.72. The van der Waals surface area contributed by atoms with Crippen LogP contribution in [0.25, 0.3) is 0 Å². The summed E-state index contributed by atoms with van der Waals surface area (Å²) in [6.07, 6.45) is 1.03. The van der Waals surface area contributed by atoms with Gasteiger partial charge in [-0.3, -0.25) is 0 Å². The molecule has 1 atom stereocenters. The lowest BCUT2D eigenvalue weighted by Crippen LogP contribution is -2.21. The molecule has 0 fully saturated rings. The summed E-state index contributed by atoms with van der Waals surface area (Å²) in [5.41, 5.74) is 1.06. The fraction of sp³-hybridized carbons (Fsp3) is 0.444. The number of hydrogen-bond donors (Lipinski definition) is 2. The summed E-state index contributed by atoms with van der Waals surface area (Å²) in [6.45, 7) is 2.81. The Morgan fingerprint density at radius 2 is 1.96 bits per heavy atom. The van der Waals surface area contributed by atoms with Crippen molar-refractivity contribution in [1.82, 2.24) is 10.2 Å². The van der Waals surface area contributed by atoms with E-state index in [0.717, 1.165) is 37.5 Å². The van der Waals surface area contributed by atoms with Gasteiger partial charge in [0.15, 0.2) is 0 Å². The Morgan fingerprint density at radius 1 is 1.13 bits per heavy atom. The molecule has 0 amide bonds. The van der Waals surface area contributed by atoms with E-state index in [-0.39, 0.29) is 6.10 Å². The van der Waals surface area contributed by atoms with E-state index in [0.29, 0.717) is 0 Å². The average molecular weight is 334 g/mol. The van der Waals surface area contributed by atoms with E-state index >= 15 is 0 Å². The number of benzene rings is 1. The largest absolute Gasteiger partial charge is 0.483 e. The lowest BCUT2D eigenvalue weighted by Gasteiger charge is -2.21. The quantitative estimate of drug-likeness (QED) is 0.698. The van der Waals surface area contributed by atoms with Crippen molar-refractivity contribution < 1.29 is 4.74 Å². The van der Waals surface area contributed by atoms with E-state index in [1.54, 1.807) is 11.3 Å². The van der Waals surface area contributed by atoms with E-state index < -0.39 is 0 Å². The van der Waals surface area contributed by atoms with Crippen LogP contribution < -0.4 is 15.4 Å². The summed E-state index contributed by atoms with van der Waals surface area (Å²) < 4.78 is 6.34. The van der Waals surface area contributed by atoms with Gasteiger partial charge in [-0.25, -0.2) is 0 Å². The molecule has 4 nitrogen and oxygen atoms in total. The van der Waals surface area contributed by atoms with Crippen LogP contribution in [0.4, 0.5) is 5.69 Å². The number of para-hydroxylation sites is 2. The van der Waals surface area contributed by atoms with Gasteiger partial charge in [0.2, 0.25) is 0 Å². The number of likely N-dealkylation sites (N-methyl/N-ethyl adjacent to an activating group) is 1. The normalized spacial score (nSPS) is 12.3. The van der Waals surface area contributed by atoms with Gasteiger partial charge < -0.3 is 20.3 Å². The molecule has 0 aliphatic carbocycles. The first-order valence-corrected chi connectivity index (χ1v) is 8.91. The Morgan fingerprint density at radius 3 is 2.65 bits per heavy atom. The molecule has 0 radical (unpaired) electrons. The molecule has 2 aromatic rings. The minimum absolute atomic E-state index is 0.0826. The van der Waals surface area contributed by atoms with Gasteiger partial charge in [0.05, 0.1) is 5.69 Å². The monoisotopic (exact) mass is 333 g/mol. The zero-order valence-corrected chi connectivity index (χ0v) is 15.0. The molecular weight excluding hydrogens is 306 g/mol. The Bertz CT molecular complexity index is 557. The van der Waals surface area contributed by atoms with Gasteiger partial charge in [-0.2, -0.15) is 0 Å². The first kappa shape index (κ1) is 17.8. The highest BCUT2D eigenvalue weighted by Gasteiger charge is 2.16. The predicted molar refractivity (Wildman–Crippen MR) is 99.7 cm³/mol. The molecule has 1 heterocycles. The number of thiophene rings is 1. The minimum atomic E-state index is 0.0826. The van der Waals surface area contributed by atoms with Crippen LogP contribution in [0.5, 0.6) is 5.75 Å². The fourth-order valence-corrected chi connectivity index (χ4v) is 3.08. The van der Waals surface area contributed by atoms with Crippen LogP contribution in [0, 0.1) is 0 Å². The maximum Gasteiger partial charge on any atom is 0.143 e. The first-order valence-electron chi connectivity index (χ1n) is 8.03. The van der Waals surface area contributed by atoms with Crippen LogP contribution in [0.15, 0.2) is 41.8 Å². The van der Waals surface area contributed by atoms with Crippen molar-refractivity contribution in [1.29, 1.82) is 0 Å². The Kier molecular flexibility index (Phi) is 7.39. The van der Waals surface area contributed by atoms with E-state index in [1.807, 2.05) is 25.2 Å². The van der Waals surface area contributed by atoms with E-state index in [9.17, 15) is 0 Å². The van der Waals surface area contributed by atoms with E-state index in [2.05, 4.69) is 53.2 Å². The van der Waals surface area contributed by atoms with Gasteiger partial charge >= 0.3 is 0 Å². The van der Waals surface area contributed by atoms with Gasteiger partial charge in [0.25, 0.3) is 0 Å². The third-order valence-electron chi connectivity index (χ3n) is 3.55. The highest BCUT2D eigenvalue weighted by Crippen LogP contribution is 2.32. The summed E-state index contributed by atoms with van der Waals surface area (Å²) in [5, 5.41) is 8.79. The van der Waals surface area contributed by atoms with Crippen molar-refractivity contribution in [2.45, 2.75) is 12.5 Å². The second kappa shape index (κ2) is 9.55. The zero-order chi connectivity index (χ0) is 16.5. The fourth-order valence-electron chi connectivity index (χ4n) is 2.29. The number of nitrogens with zero attached hydrogens (tertiary/aromatic N) is 1. The molecule has 5 heteroatoms. The molecular formula is C18H27N3OS. The molecule has 0 saturated carbocycles. The Labute approximate surface area is 143 Å². The molecule has 0 spiro atoms. The molecule has 0 unspecified atom stereocenters. The van der Waals surface area contributed by atoms with Crippen molar-refractivity contribution in [2.75, 3.05) is 46.1 Å². The van der Waals surface area contributed by atoms with Gasteiger partial charge in [0, 0.05) is 24.4 Å². The lowest BCUT2D eigenvalue weighted by molar-refractivity contribution is 0.200. The van der Waals surface area contributed by atoms with Crippen LogP contribution in [0.2, 0.25) is 0 Å². The van der Waals surface area contributed by atoms with Crippen LogP contribution in [-0.4, -0.2) is 45.7 Å². The van der Waals surface area contributed by atoms with Crippen LogP contribution in [0.1, 0.15) is 17.4 Å². The van der Waals surface area contributed by atoms with Crippen molar-refractivity contribution in [3.8, 4) is 5.75 Å². The zero-order valence-electron chi connectivity index (χ0n) is 14.2. The van der Waals surface area contributed by atoms with Gasteiger partial charge in [-0.15, -0.1) is 11.3 Å². The number of nitrogens with one attached hydrogen (secondary N) is 2. The predicted octanol–water partition coefficient (Wildman–Crippen LogP) is 3.45. The molecule has 23 heavy (non-hydrogen) atoms. The highest BCUT2D eigenvalue weighted by atomic mass is 32.1. The third kappa shape index (κ3) is 5.86. The summed E-state index contributed by atoms with van der Waals surface area (Å²) in [7, 11) is 6.13. The van der Waals surface area contributed by atoms with Crippen molar-refractivity contribution in [2.24, 2.45) is 0 Å². The number of anilines is 1. The summed E-state index contributed by atoms with van der Waals surface area (Å²) in [5.74, 6) is 0.917. The van der Waals surface area contributed by atoms with Crippen LogP contribution in [-0.2, 0) is 0 Å². The Balaban J connectivity index is 2.06. The smallest absolute Gasteiger partial charge is 0.143 e. The lowest BCUT2D eigenvalue weighted by atomic mass is 10.2. The van der Waals surface area contributed by atoms with Gasteiger partial charge in [-0.1, -0.05) is 18.2 Å². The molecule has 1 aromatic heterocycles. The molecule has 0 bridgehead atoms. The average Bonchev–Trinajstić information content (AvgIpc) is 3.06. The number of rotatable bonds is 10. The molecule has 126 valence electrons. The summed E-state index contributed by atoms with van der Waals surface area (Å²) >= 11 is 1.75. The topological polar surface area (TPSA) is 36.5 Å². The minimum Gasteiger partial charge on any atom is -0.483 e. The summed E-state index contributed by atoms with van der Waals surface area (Å²) in [6, 6.07) is 12.4. The standard InChI is InChI=1S/C18H27N3OS/c1-19-11-10-17(18-9-6-14-23-18)22-16-8-5-4-7-15(16)20-12-13-21(2)3/h4-9,14,17,19-20H,10-13H2,1-3H3/t17-/m1/s1. The summed E-state index contributed by atoms with van der Waals surface area (Å²) in [4.78, 5) is 3.43. The maximum atomic E-state index is 6.34. The first-order chi connectivity index (χ1) is 11.2. The molecule has 0 aliphatic heterocycles.